The standard InChI is InChI=1S/C23H38N4O2/c1-4-24-22(26-18-23(11-7-12-23)13-15-28-2)25-16-19-10-14-27(17-19)20-8-5-6-9-21(20)29-3/h5-6,8-9,19H,4,7,10-18H2,1-3H3,(H2,24,25,26). The third-order valence-corrected chi connectivity index (χ3v) is 6.44. The van der Waals surface area contributed by atoms with Crippen LogP contribution in [-0.2, 0) is 4.74 Å². The van der Waals surface area contributed by atoms with Gasteiger partial charge in [-0.1, -0.05) is 18.6 Å². The number of guanidine groups is 1. The van der Waals surface area contributed by atoms with Gasteiger partial charge in [0.1, 0.15) is 5.75 Å². The molecule has 6 nitrogen and oxygen atoms in total. The summed E-state index contributed by atoms with van der Waals surface area (Å²) in [5.41, 5.74) is 1.55. The maximum Gasteiger partial charge on any atom is 0.191 e. The Hall–Kier alpha value is -1.95. The second-order valence-electron chi connectivity index (χ2n) is 8.44. The van der Waals surface area contributed by atoms with Gasteiger partial charge in [-0.3, -0.25) is 4.99 Å². The Morgan fingerprint density at radius 2 is 2.07 bits per heavy atom. The van der Waals surface area contributed by atoms with E-state index in [2.05, 4.69) is 34.6 Å². The van der Waals surface area contributed by atoms with Crippen molar-refractivity contribution in [1.29, 1.82) is 0 Å². The largest absolute Gasteiger partial charge is 0.495 e. The van der Waals surface area contributed by atoms with Crippen molar-refractivity contribution < 1.29 is 9.47 Å². The van der Waals surface area contributed by atoms with Crippen LogP contribution in [0.1, 0.15) is 39.0 Å². The van der Waals surface area contributed by atoms with Crippen molar-refractivity contribution in [2.45, 2.75) is 39.0 Å². The van der Waals surface area contributed by atoms with Crippen LogP contribution in [0.15, 0.2) is 29.3 Å². The normalized spacial score (nSPS) is 21.0. The zero-order chi connectivity index (χ0) is 20.5. The number of para-hydroxylation sites is 2. The van der Waals surface area contributed by atoms with Crippen LogP contribution in [0.3, 0.4) is 0 Å². The summed E-state index contributed by atoms with van der Waals surface area (Å²) in [6.45, 7) is 7.80. The fourth-order valence-corrected chi connectivity index (χ4v) is 4.42. The Balaban J connectivity index is 1.51. The third kappa shape index (κ3) is 5.78. The van der Waals surface area contributed by atoms with Gasteiger partial charge in [-0.15, -0.1) is 0 Å². The van der Waals surface area contributed by atoms with Crippen LogP contribution in [-0.4, -0.2) is 59.5 Å². The van der Waals surface area contributed by atoms with E-state index in [-0.39, 0.29) is 0 Å². The van der Waals surface area contributed by atoms with Crippen molar-refractivity contribution >= 4 is 11.6 Å². The highest BCUT2D eigenvalue weighted by molar-refractivity contribution is 5.79. The summed E-state index contributed by atoms with van der Waals surface area (Å²) < 4.78 is 10.8. The number of nitrogens with zero attached hydrogens (tertiary/aromatic N) is 2. The van der Waals surface area contributed by atoms with E-state index < -0.39 is 0 Å². The molecule has 3 rings (SSSR count). The number of aliphatic imine (C=N–C) groups is 1. The van der Waals surface area contributed by atoms with Crippen molar-refractivity contribution in [3.05, 3.63) is 24.3 Å². The van der Waals surface area contributed by atoms with Crippen molar-refractivity contribution in [2.75, 3.05) is 58.5 Å². The lowest BCUT2D eigenvalue weighted by Crippen LogP contribution is -2.42. The molecule has 6 heteroatoms. The molecule has 1 heterocycles. The van der Waals surface area contributed by atoms with Gasteiger partial charge in [0.25, 0.3) is 0 Å². The van der Waals surface area contributed by atoms with E-state index >= 15 is 0 Å². The van der Waals surface area contributed by atoms with Gasteiger partial charge >= 0.3 is 0 Å². The summed E-state index contributed by atoms with van der Waals surface area (Å²) in [4.78, 5) is 7.37. The molecular weight excluding hydrogens is 364 g/mol. The molecule has 0 spiro atoms. The second-order valence-corrected chi connectivity index (χ2v) is 8.44. The molecule has 1 aliphatic carbocycles. The molecule has 1 atom stereocenters. The van der Waals surface area contributed by atoms with E-state index in [4.69, 9.17) is 14.5 Å². The maximum atomic E-state index is 5.54. The number of hydrogen-bond donors (Lipinski definition) is 2. The van der Waals surface area contributed by atoms with Crippen LogP contribution in [0.4, 0.5) is 5.69 Å². The lowest BCUT2D eigenvalue weighted by Gasteiger charge is -2.40. The van der Waals surface area contributed by atoms with E-state index in [0.29, 0.717) is 11.3 Å². The van der Waals surface area contributed by atoms with Crippen LogP contribution in [0, 0.1) is 11.3 Å². The molecule has 0 radical (unpaired) electrons. The fraction of sp³-hybridized carbons (Fsp3) is 0.696. The van der Waals surface area contributed by atoms with Gasteiger partial charge in [-0.2, -0.15) is 0 Å². The number of nitrogens with one attached hydrogen (secondary N) is 2. The van der Waals surface area contributed by atoms with E-state index in [1.165, 1.54) is 31.4 Å². The average Bonchev–Trinajstić information content (AvgIpc) is 3.19. The molecule has 162 valence electrons. The van der Waals surface area contributed by atoms with Gasteiger partial charge in [0, 0.05) is 46.4 Å². The van der Waals surface area contributed by atoms with Crippen LogP contribution in [0.25, 0.3) is 0 Å². The first-order valence-corrected chi connectivity index (χ1v) is 11.1. The van der Waals surface area contributed by atoms with Crippen LogP contribution in [0.5, 0.6) is 5.75 Å². The van der Waals surface area contributed by atoms with Crippen molar-refractivity contribution in [3.8, 4) is 5.75 Å². The van der Waals surface area contributed by atoms with E-state index in [0.717, 1.165) is 57.5 Å². The quantitative estimate of drug-likeness (QED) is 0.465. The minimum Gasteiger partial charge on any atom is -0.495 e. The molecule has 1 unspecified atom stereocenters. The number of rotatable bonds is 10. The Morgan fingerprint density at radius 3 is 2.76 bits per heavy atom. The SMILES string of the molecule is CCNC(=NCC1(CCOC)CCC1)NCC1CCN(c2ccccc2OC)C1. The van der Waals surface area contributed by atoms with Gasteiger partial charge in [-0.05, 0) is 56.1 Å². The first-order chi connectivity index (χ1) is 14.2. The molecule has 0 bridgehead atoms. The highest BCUT2D eigenvalue weighted by Gasteiger charge is 2.36. The predicted octanol–water partition coefficient (Wildman–Crippen LogP) is 3.28. The highest BCUT2D eigenvalue weighted by Crippen LogP contribution is 2.44. The molecule has 1 saturated carbocycles. The number of hydrogen-bond acceptors (Lipinski definition) is 4. The summed E-state index contributed by atoms with van der Waals surface area (Å²) in [7, 11) is 3.53. The van der Waals surface area contributed by atoms with Crippen molar-refractivity contribution in [2.24, 2.45) is 16.3 Å². The zero-order valence-corrected chi connectivity index (χ0v) is 18.4. The fourth-order valence-electron chi connectivity index (χ4n) is 4.42. The molecule has 0 amide bonds. The Labute approximate surface area is 176 Å². The van der Waals surface area contributed by atoms with Crippen molar-refractivity contribution in [1.82, 2.24) is 10.6 Å². The lowest BCUT2D eigenvalue weighted by atomic mass is 9.67. The van der Waals surface area contributed by atoms with Gasteiger partial charge in [0.2, 0.25) is 0 Å². The summed E-state index contributed by atoms with van der Waals surface area (Å²) in [6, 6.07) is 8.30. The Bertz CT molecular complexity index is 660. The first-order valence-electron chi connectivity index (χ1n) is 11.1. The minimum absolute atomic E-state index is 0.354. The molecule has 1 aliphatic heterocycles. The molecular formula is C23H38N4O2. The van der Waals surface area contributed by atoms with Crippen LogP contribution in [0.2, 0.25) is 0 Å². The average molecular weight is 403 g/mol. The maximum absolute atomic E-state index is 5.54. The minimum atomic E-state index is 0.354. The third-order valence-electron chi connectivity index (χ3n) is 6.44. The summed E-state index contributed by atoms with van der Waals surface area (Å²) in [5.74, 6) is 2.51. The molecule has 1 saturated heterocycles. The molecule has 2 fully saturated rings. The number of ether oxygens (including phenoxy) is 2. The van der Waals surface area contributed by atoms with Gasteiger partial charge < -0.3 is 25.0 Å². The first kappa shape index (κ1) is 21.8. The molecule has 2 N–H and O–H groups in total. The molecule has 1 aromatic carbocycles. The van der Waals surface area contributed by atoms with Gasteiger partial charge in [-0.25, -0.2) is 0 Å². The lowest BCUT2D eigenvalue weighted by molar-refractivity contribution is 0.0778. The summed E-state index contributed by atoms with van der Waals surface area (Å²) in [6.07, 6.45) is 6.17. The Kier molecular flexibility index (Phi) is 8.04. The summed E-state index contributed by atoms with van der Waals surface area (Å²) >= 11 is 0. The smallest absolute Gasteiger partial charge is 0.191 e. The van der Waals surface area contributed by atoms with Crippen molar-refractivity contribution in [3.63, 3.8) is 0 Å². The molecule has 2 aliphatic rings. The van der Waals surface area contributed by atoms with Crippen LogP contribution < -0.4 is 20.3 Å². The number of benzene rings is 1. The number of methoxy groups -OCH3 is 2. The summed E-state index contributed by atoms with van der Waals surface area (Å²) in [5, 5.41) is 7.01. The van der Waals surface area contributed by atoms with Gasteiger partial charge in [0.05, 0.1) is 12.8 Å². The zero-order valence-electron chi connectivity index (χ0n) is 18.4. The molecule has 29 heavy (non-hydrogen) atoms. The van der Waals surface area contributed by atoms with Gasteiger partial charge in [0.15, 0.2) is 5.96 Å². The molecule has 1 aromatic rings. The number of anilines is 1. The molecule has 0 aromatic heterocycles. The van der Waals surface area contributed by atoms with E-state index in [1.54, 1.807) is 14.2 Å². The van der Waals surface area contributed by atoms with E-state index in [9.17, 15) is 0 Å². The van der Waals surface area contributed by atoms with Crippen LogP contribution >= 0.6 is 0 Å². The highest BCUT2D eigenvalue weighted by atomic mass is 16.5. The topological polar surface area (TPSA) is 58.1 Å². The Morgan fingerprint density at radius 1 is 1.24 bits per heavy atom. The van der Waals surface area contributed by atoms with E-state index in [1.807, 2.05) is 12.1 Å². The predicted molar refractivity (Wildman–Crippen MR) is 120 cm³/mol. The monoisotopic (exact) mass is 402 g/mol. The second kappa shape index (κ2) is 10.7.